The van der Waals surface area contributed by atoms with E-state index in [9.17, 15) is 13.2 Å². The number of benzene rings is 1. The summed E-state index contributed by atoms with van der Waals surface area (Å²) in [5.74, 6) is 0.642. The van der Waals surface area contributed by atoms with E-state index in [2.05, 4.69) is 4.90 Å². The molecule has 2 N–H and O–H groups in total. The summed E-state index contributed by atoms with van der Waals surface area (Å²) in [6, 6.07) is 4.26. The van der Waals surface area contributed by atoms with Gasteiger partial charge in [-0.3, -0.25) is 0 Å². The summed E-state index contributed by atoms with van der Waals surface area (Å²) in [5, 5.41) is 0. The van der Waals surface area contributed by atoms with Crippen molar-refractivity contribution in [3.05, 3.63) is 29.3 Å². The Labute approximate surface area is 128 Å². The van der Waals surface area contributed by atoms with E-state index in [0.717, 1.165) is 18.3 Å². The third-order valence-corrected chi connectivity index (χ3v) is 3.90. The molecule has 21 heavy (non-hydrogen) atoms. The standard InChI is InChI=1S/C15H19F3N2S/c1-9(2)20(8-10-3-4-10)11-5-6-13(15(16,17)18)12(7-11)14(19)21/h5-7,9-10H,3-4,8H2,1-2H3,(H2,19,21). The Balaban J connectivity index is 2.40. The fraction of sp³-hybridized carbons (Fsp3) is 0.533. The van der Waals surface area contributed by atoms with Gasteiger partial charge in [-0.1, -0.05) is 12.2 Å². The molecule has 0 atom stereocenters. The molecule has 2 nitrogen and oxygen atoms in total. The van der Waals surface area contributed by atoms with Crippen LogP contribution < -0.4 is 10.6 Å². The van der Waals surface area contributed by atoms with E-state index in [4.69, 9.17) is 18.0 Å². The van der Waals surface area contributed by atoms with Gasteiger partial charge in [0.05, 0.1) is 5.56 Å². The van der Waals surface area contributed by atoms with Gasteiger partial charge in [0.1, 0.15) is 4.99 Å². The smallest absolute Gasteiger partial charge is 0.389 e. The minimum atomic E-state index is -4.45. The van der Waals surface area contributed by atoms with Gasteiger partial charge in [0, 0.05) is 23.8 Å². The molecular weight excluding hydrogens is 297 g/mol. The molecule has 1 aromatic carbocycles. The van der Waals surface area contributed by atoms with Gasteiger partial charge in [0.15, 0.2) is 0 Å². The Bertz CT molecular complexity index is 536. The van der Waals surface area contributed by atoms with Crippen molar-refractivity contribution in [3.8, 4) is 0 Å². The molecule has 6 heteroatoms. The van der Waals surface area contributed by atoms with E-state index in [1.807, 2.05) is 13.8 Å². The van der Waals surface area contributed by atoms with Crippen LogP contribution in [0.25, 0.3) is 0 Å². The van der Waals surface area contributed by atoms with Crippen molar-refractivity contribution in [2.75, 3.05) is 11.4 Å². The minimum absolute atomic E-state index is 0.101. The highest BCUT2D eigenvalue weighted by molar-refractivity contribution is 7.80. The van der Waals surface area contributed by atoms with E-state index in [1.165, 1.54) is 25.0 Å². The van der Waals surface area contributed by atoms with Crippen molar-refractivity contribution >= 4 is 22.9 Å². The van der Waals surface area contributed by atoms with Gasteiger partial charge >= 0.3 is 6.18 Å². The highest BCUT2D eigenvalue weighted by Crippen LogP contribution is 2.36. The molecule has 1 aliphatic rings. The molecule has 0 bridgehead atoms. The average molecular weight is 316 g/mol. The SMILES string of the molecule is CC(C)N(CC1CC1)c1ccc(C(F)(F)F)c(C(N)=S)c1. The summed E-state index contributed by atoms with van der Waals surface area (Å²) in [6.45, 7) is 4.92. The molecule has 0 amide bonds. The highest BCUT2D eigenvalue weighted by atomic mass is 32.1. The molecule has 0 aliphatic heterocycles. The van der Waals surface area contributed by atoms with E-state index in [0.29, 0.717) is 5.92 Å². The first-order chi connectivity index (χ1) is 9.70. The molecule has 116 valence electrons. The van der Waals surface area contributed by atoms with Crippen LogP contribution >= 0.6 is 12.2 Å². The zero-order valence-electron chi connectivity index (χ0n) is 12.1. The largest absolute Gasteiger partial charge is 0.417 e. The lowest BCUT2D eigenvalue weighted by molar-refractivity contribution is -0.137. The van der Waals surface area contributed by atoms with Gasteiger partial charge in [0.25, 0.3) is 0 Å². The number of anilines is 1. The lowest BCUT2D eigenvalue weighted by atomic mass is 10.0. The molecule has 0 saturated heterocycles. The quantitative estimate of drug-likeness (QED) is 0.834. The Morgan fingerprint density at radius 3 is 2.43 bits per heavy atom. The van der Waals surface area contributed by atoms with Crippen LogP contribution in [0.5, 0.6) is 0 Å². The summed E-state index contributed by atoms with van der Waals surface area (Å²) in [4.78, 5) is 1.89. The second kappa shape index (κ2) is 5.83. The van der Waals surface area contributed by atoms with Crippen molar-refractivity contribution in [2.24, 2.45) is 11.7 Å². The van der Waals surface area contributed by atoms with Crippen LogP contribution in [0, 0.1) is 5.92 Å². The molecule has 1 aliphatic carbocycles. The number of thiocarbonyl (C=S) groups is 1. The molecule has 0 unspecified atom stereocenters. The zero-order chi connectivity index (χ0) is 15.8. The number of rotatable bonds is 5. The second-order valence-electron chi connectivity index (χ2n) is 5.78. The van der Waals surface area contributed by atoms with E-state index < -0.39 is 11.7 Å². The molecule has 1 fully saturated rings. The van der Waals surface area contributed by atoms with Crippen molar-refractivity contribution in [3.63, 3.8) is 0 Å². The molecule has 1 aromatic rings. The van der Waals surface area contributed by atoms with Gasteiger partial charge < -0.3 is 10.6 Å². The Hall–Kier alpha value is -1.30. The molecule has 0 spiro atoms. The average Bonchev–Trinajstić information content (AvgIpc) is 3.17. The number of alkyl halides is 3. The third-order valence-electron chi connectivity index (χ3n) is 3.68. The molecule has 0 heterocycles. The van der Waals surface area contributed by atoms with Gasteiger partial charge in [-0.15, -0.1) is 0 Å². The third kappa shape index (κ3) is 3.87. The lowest BCUT2D eigenvalue weighted by Gasteiger charge is -2.30. The van der Waals surface area contributed by atoms with E-state index in [-0.39, 0.29) is 16.6 Å². The topological polar surface area (TPSA) is 29.3 Å². The van der Waals surface area contributed by atoms with Crippen LogP contribution in [-0.4, -0.2) is 17.6 Å². The van der Waals surface area contributed by atoms with Crippen LogP contribution in [0.3, 0.4) is 0 Å². The van der Waals surface area contributed by atoms with Gasteiger partial charge in [-0.2, -0.15) is 13.2 Å². The fourth-order valence-electron chi connectivity index (χ4n) is 2.35. The number of nitrogens with zero attached hydrogens (tertiary/aromatic N) is 1. The first-order valence-electron chi connectivity index (χ1n) is 6.98. The normalized spacial score (nSPS) is 15.3. The molecule has 2 rings (SSSR count). The summed E-state index contributed by atoms with van der Waals surface area (Å²) in [6.07, 6.45) is -2.07. The number of hydrogen-bond donors (Lipinski definition) is 1. The van der Waals surface area contributed by atoms with Gasteiger partial charge in [-0.05, 0) is 50.8 Å². The number of hydrogen-bond acceptors (Lipinski definition) is 2. The van der Waals surface area contributed by atoms with Crippen LogP contribution in [-0.2, 0) is 6.18 Å². The number of nitrogens with two attached hydrogens (primary N) is 1. The molecular formula is C15H19F3N2S. The second-order valence-corrected chi connectivity index (χ2v) is 6.22. The highest BCUT2D eigenvalue weighted by Gasteiger charge is 2.34. The zero-order valence-corrected chi connectivity index (χ0v) is 12.9. The van der Waals surface area contributed by atoms with Gasteiger partial charge in [0.2, 0.25) is 0 Å². The molecule has 1 saturated carbocycles. The van der Waals surface area contributed by atoms with Crippen molar-refractivity contribution in [1.29, 1.82) is 0 Å². The van der Waals surface area contributed by atoms with E-state index in [1.54, 1.807) is 0 Å². The summed E-state index contributed by atoms with van der Waals surface area (Å²) in [5.41, 5.74) is 5.36. The van der Waals surface area contributed by atoms with Crippen molar-refractivity contribution in [2.45, 2.75) is 38.9 Å². The maximum Gasteiger partial charge on any atom is 0.417 e. The van der Waals surface area contributed by atoms with Crippen molar-refractivity contribution < 1.29 is 13.2 Å². The predicted molar refractivity (Wildman–Crippen MR) is 82.5 cm³/mol. The summed E-state index contributed by atoms with van der Waals surface area (Å²) >= 11 is 4.79. The van der Waals surface area contributed by atoms with E-state index >= 15 is 0 Å². The van der Waals surface area contributed by atoms with Crippen LogP contribution in [0.2, 0.25) is 0 Å². The number of halogens is 3. The molecule has 0 radical (unpaired) electrons. The fourth-order valence-corrected chi connectivity index (χ4v) is 2.52. The van der Waals surface area contributed by atoms with Crippen LogP contribution in [0.4, 0.5) is 18.9 Å². The monoisotopic (exact) mass is 316 g/mol. The summed E-state index contributed by atoms with van der Waals surface area (Å²) < 4.78 is 39.0. The summed E-state index contributed by atoms with van der Waals surface area (Å²) in [7, 11) is 0. The van der Waals surface area contributed by atoms with Gasteiger partial charge in [-0.25, -0.2) is 0 Å². The minimum Gasteiger partial charge on any atom is -0.389 e. The first kappa shape index (κ1) is 16.1. The van der Waals surface area contributed by atoms with Crippen LogP contribution in [0.15, 0.2) is 18.2 Å². The van der Waals surface area contributed by atoms with Crippen molar-refractivity contribution in [1.82, 2.24) is 0 Å². The maximum atomic E-state index is 13.0. The first-order valence-corrected chi connectivity index (χ1v) is 7.38. The molecule has 0 aromatic heterocycles. The maximum absolute atomic E-state index is 13.0. The predicted octanol–water partition coefficient (Wildman–Crippen LogP) is 3.96. The van der Waals surface area contributed by atoms with Crippen LogP contribution in [0.1, 0.15) is 37.8 Å². The Kier molecular flexibility index (Phi) is 4.46. The Morgan fingerprint density at radius 1 is 1.38 bits per heavy atom. The Morgan fingerprint density at radius 2 is 2.00 bits per heavy atom. The lowest BCUT2D eigenvalue weighted by Crippen LogP contribution is -2.33.